The normalized spacial score (nSPS) is 14.3. The Hall–Kier alpha value is -2.84. The number of halogens is 2. The molecule has 2 aromatic rings. The van der Waals surface area contributed by atoms with Crippen LogP contribution < -0.4 is 15.6 Å². The number of carbonyl (C=O) groups is 2. The van der Waals surface area contributed by atoms with Crippen molar-refractivity contribution in [3.8, 4) is 5.75 Å². The van der Waals surface area contributed by atoms with E-state index >= 15 is 0 Å². The molecule has 0 radical (unpaired) electrons. The van der Waals surface area contributed by atoms with Crippen LogP contribution in [0.5, 0.6) is 5.75 Å². The Morgan fingerprint density at radius 2 is 1.62 bits per heavy atom. The second-order valence-electron chi connectivity index (χ2n) is 6.52. The van der Waals surface area contributed by atoms with E-state index in [1.54, 1.807) is 17.0 Å². The Balaban J connectivity index is 1.34. The standard InChI is InChI=1S/C20H22ClFN4O3/c21-16-3-7-18(8-4-16)29-14-13-25-9-11-26(12-10-25)20(28)24-23-19(27)15-1-5-17(22)6-2-15/h1-8H,9-14H2,(H,23,27)(H,24,28). The van der Waals surface area contributed by atoms with Crippen molar-refractivity contribution < 1.29 is 18.7 Å². The SMILES string of the molecule is O=C(NNC(=O)N1CCN(CCOc2ccc(Cl)cc2)CC1)c1ccc(F)cc1. The van der Waals surface area contributed by atoms with Gasteiger partial charge in [0.1, 0.15) is 18.2 Å². The van der Waals surface area contributed by atoms with Crippen molar-refractivity contribution >= 4 is 23.5 Å². The van der Waals surface area contributed by atoms with Crippen LogP contribution in [0.4, 0.5) is 9.18 Å². The van der Waals surface area contributed by atoms with E-state index in [-0.39, 0.29) is 11.6 Å². The Labute approximate surface area is 173 Å². The molecule has 0 aromatic heterocycles. The Bertz CT molecular complexity index is 825. The smallest absolute Gasteiger partial charge is 0.336 e. The predicted octanol–water partition coefficient (Wildman–Crippen LogP) is 2.53. The highest BCUT2D eigenvalue weighted by molar-refractivity contribution is 6.30. The van der Waals surface area contributed by atoms with Gasteiger partial charge in [-0.1, -0.05) is 11.6 Å². The number of carbonyl (C=O) groups excluding carboxylic acids is 2. The van der Waals surface area contributed by atoms with E-state index in [0.29, 0.717) is 37.8 Å². The molecule has 154 valence electrons. The van der Waals surface area contributed by atoms with Crippen LogP contribution in [0.2, 0.25) is 5.02 Å². The van der Waals surface area contributed by atoms with E-state index in [4.69, 9.17) is 16.3 Å². The van der Waals surface area contributed by atoms with Crippen molar-refractivity contribution in [2.45, 2.75) is 0 Å². The summed E-state index contributed by atoms with van der Waals surface area (Å²) in [4.78, 5) is 28.0. The maximum Gasteiger partial charge on any atom is 0.336 e. The first kappa shape index (κ1) is 20.9. The molecule has 1 saturated heterocycles. The summed E-state index contributed by atoms with van der Waals surface area (Å²) in [6.45, 7) is 3.80. The maximum atomic E-state index is 12.9. The third-order valence-corrected chi connectivity index (χ3v) is 4.79. The summed E-state index contributed by atoms with van der Waals surface area (Å²) in [6.07, 6.45) is 0. The van der Waals surface area contributed by atoms with Crippen molar-refractivity contribution in [3.05, 3.63) is 64.9 Å². The molecule has 1 aliphatic rings. The summed E-state index contributed by atoms with van der Waals surface area (Å²) in [5, 5.41) is 0.667. The molecule has 1 fully saturated rings. The number of nitrogens with one attached hydrogen (secondary N) is 2. The van der Waals surface area contributed by atoms with Crippen LogP contribution in [0.1, 0.15) is 10.4 Å². The molecule has 0 unspecified atom stereocenters. The summed E-state index contributed by atoms with van der Waals surface area (Å²) in [6, 6.07) is 11.9. The van der Waals surface area contributed by atoms with Crippen LogP contribution >= 0.6 is 11.6 Å². The molecule has 0 aliphatic carbocycles. The number of hydrogen-bond acceptors (Lipinski definition) is 4. The fraction of sp³-hybridized carbons (Fsp3) is 0.300. The van der Waals surface area contributed by atoms with E-state index in [1.165, 1.54) is 24.3 Å². The van der Waals surface area contributed by atoms with E-state index in [2.05, 4.69) is 15.8 Å². The molecule has 3 rings (SSSR count). The lowest BCUT2D eigenvalue weighted by Gasteiger charge is -2.34. The Kier molecular flexibility index (Phi) is 7.26. The molecule has 1 aliphatic heterocycles. The van der Waals surface area contributed by atoms with Gasteiger partial charge in [0.25, 0.3) is 5.91 Å². The monoisotopic (exact) mass is 420 g/mol. The Morgan fingerprint density at radius 1 is 0.966 bits per heavy atom. The van der Waals surface area contributed by atoms with Gasteiger partial charge in [0.05, 0.1) is 0 Å². The number of hydrazine groups is 1. The summed E-state index contributed by atoms with van der Waals surface area (Å²) in [5.41, 5.74) is 4.99. The lowest BCUT2D eigenvalue weighted by Crippen LogP contribution is -2.55. The van der Waals surface area contributed by atoms with Crippen molar-refractivity contribution in [1.82, 2.24) is 20.7 Å². The molecule has 9 heteroatoms. The van der Waals surface area contributed by atoms with Crippen LogP contribution in [0.3, 0.4) is 0 Å². The minimum atomic E-state index is -0.503. The molecule has 0 spiro atoms. The first-order valence-electron chi connectivity index (χ1n) is 9.23. The quantitative estimate of drug-likeness (QED) is 0.729. The number of benzene rings is 2. The topological polar surface area (TPSA) is 73.9 Å². The van der Waals surface area contributed by atoms with E-state index < -0.39 is 11.7 Å². The number of rotatable bonds is 5. The third kappa shape index (κ3) is 6.33. The number of nitrogens with zero attached hydrogens (tertiary/aromatic N) is 2. The lowest BCUT2D eigenvalue weighted by atomic mass is 10.2. The minimum Gasteiger partial charge on any atom is -0.492 e. The van der Waals surface area contributed by atoms with Crippen LogP contribution in [-0.2, 0) is 0 Å². The van der Waals surface area contributed by atoms with E-state index in [1.807, 2.05) is 12.1 Å². The largest absolute Gasteiger partial charge is 0.492 e. The first-order chi connectivity index (χ1) is 14.0. The highest BCUT2D eigenvalue weighted by atomic mass is 35.5. The van der Waals surface area contributed by atoms with Crippen molar-refractivity contribution in [2.75, 3.05) is 39.3 Å². The fourth-order valence-corrected chi connectivity index (χ4v) is 2.99. The molecular weight excluding hydrogens is 399 g/mol. The predicted molar refractivity (Wildman–Crippen MR) is 107 cm³/mol. The van der Waals surface area contributed by atoms with E-state index in [9.17, 15) is 14.0 Å². The summed E-state index contributed by atoms with van der Waals surface area (Å²) in [7, 11) is 0. The molecule has 7 nitrogen and oxygen atoms in total. The average molecular weight is 421 g/mol. The molecule has 29 heavy (non-hydrogen) atoms. The number of hydrogen-bond donors (Lipinski definition) is 2. The third-order valence-electron chi connectivity index (χ3n) is 4.54. The molecule has 2 aromatic carbocycles. The summed E-state index contributed by atoms with van der Waals surface area (Å²) in [5.74, 6) is -0.164. The zero-order valence-electron chi connectivity index (χ0n) is 15.7. The molecule has 3 amide bonds. The van der Waals surface area contributed by atoms with Gasteiger partial charge in [-0.2, -0.15) is 0 Å². The Morgan fingerprint density at radius 3 is 2.28 bits per heavy atom. The molecule has 2 N–H and O–H groups in total. The van der Waals surface area contributed by atoms with Crippen molar-refractivity contribution in [3.63, 3.8) is 0 Å². The highest BCUT2D eigenvalue weighted by Gasteiger charge is 2.21. The van der Waals surface area contributed by atoms with Crippen LogP contribution in [0, 0.1) is 5.82 Å². The minimum absolute atomic E-state index is 0.261. The molecular formula is C20H22ClFN4O3. The average Bonchev–Trinajstić information content (AvgIpc) is 2.74. The molecule has 0 bridgehead atoms. The fourth-order valence-electron chi connectivity index (χ4n) is 2.86. The number of ether oxygens (including phenoxy) is 1. The number of piperazine rings is 1. The second kappa shape index (κ2) is 10.1. The lowest BCUT2D eigenvalue weighted by molar-refractivity contribution is 0.0916. The van der Waals surface area contributed by atoms with Crippen LogP contribution in [0.25, 0.3) is 0 Å². The first-order valence-corrected chi connectivity index (χ1v) is 9.60. The van der Waals surface area contributed by atoms with Crippen LogP contribution in [-0.4, -0.2) is 61.1 Å². The van der Waals surface area contributed by atoms with Crippen molar-refractivity contribution in [1.29, 1.82) is 0 Å². The maximum absolute atomic E-state index is 12.9. The highest BCUT2D eigenvalue weighted by Crippen LogP contribution is 2.15. The van der Waals surface area contributed by atoms with Gasteiger partial charge in [-0.05, 0) is 48.5 Å². The summed E-state index contributed by atoms with van der Waals surface area (Å²) < 4.78 is 18.6. The van der Waals surface area contributed by atoms with Gasteiger partial charge in [-0.25, -0.2) is 14.6 Å². The summed E-state index contributed by atoms with van der Waals surface area (Å²) >= 11 is 5.85. The van der Waals surface area contributed by atoms with Gasteiger partial charge in [0.15, 0.2) is 0 Å². The zero-order valence-corrected chi connectivity index (χ0v) is 16.5. The van der Waals surface area contributed by atoms with Gasteiger partial charge in [-0.15, -0.1) is 0 Å². The van der Waals surface area contributed by atoms with Crippen LogP contribution in [0.15, 0.2) is 48.5 Å². The van der Waals surface area contributed by atoms with E-state index in [0.717, 1.165) is 12.3 Å². The molecule has 0 saturated carbocycles. The molecule has 1 heterocycles. The number of amides is 3. The van der Waals surface area contributed by atoms with Gasteiger partial charge in [-0.3, -0.25) is 15.1 Å². The van der Waals surface area contributed by atoms with Crippen molar-refractivity contribution in [2.24, 2.45) is 0 Å². The van der Waals surface area contributed by atoms with Gasteiger partial charge in [0.2, 0.25) is 0 Å². The molecule has 0 atom stereocenters. The van der Waals surface area contributed by atoms with Gasteiger partial charge >= 0.3 is 6.03 Å². The zero-order chi connectivity index (χ0) is 20.6. The second-order valence-corrected chi connectivity index (χ2v) is 6.96. The van der Waals surface area contributed by atoms with Gasteiger partial charge in [0, 0.05) is 43.3 Å². The number of urea groups is 1. The van der Waals surface area contributed by atoms with Gasteiger partial charge < -0.3 is 9.64 Å².